The van der Waals surface area contributed by atoms with Crippen molar-refractivity contribution in [3.8, 4) is 11.5 Å². The molecule has 4 aliphatic rings. The SMILES string of the molecule is O=C(COc1ccc(Cl)c(F)c1)NC12CC(NC(=O)C3CN(C(=O)C(F)(F)C(F)(F)F)c4cc(Cl)ccc4O3)(C1)C2. The van der Waals surface area contributed by atoms with Gasteiger partial charge in [-0.1, -0.05) is 23.2 Å². The third kappa shape index (κ3) is 5.34. The Bertz CT molecular complexity index is 1420. The van der Waals surface area contributed by atoms with Crippen LogP contribution in [0.2, 0.25) is 10.0 Å². The number of benzene rings is 2. The average Bonchev–Trinajstić information content (AvgIpc) is 2.85. The van der Waals surface area contributed by atoms with Crippen LogP contribution in [-0.4, -0.2) is 60.2 Å². The van der Waals surface area contributed by atoms with E-state index >= 15 is 0 Å². The summed E-state index contributed by atoms with van der Waals surface area (Å²) in [6.45, 7) is -1.34. The Morgan fingerprint density at radius 1 is 1.00 bits per heavy atom. The number of ether oxygens (including phenoxy) is 2. The lowest BCUT2D eigenvalue weighted by Gasteiger charge is -2.70. The van der Waals surface area contributed by atoms with Crippen molar-refractivity contribution in [2.45, 2.75) is 48.5 Å². The monoisotopic (exact) mass is 625 g/mol. The Labute approximate surface area is 237 Å². The summed E-state index contributed by atoms with van der Waals surface area (Å²) in [4.78, 5) is 37.8. The van der Waals surface area contributed by atoms with Gasteiger partial charge in [0.05, 0.1) is 17.3 Å². The van der Waals surface area contributed by atoms with Gasteiger partial charge in [0, 0.05) is 22.2 Å². The van der Waals surface area contributed by atoms with Crippen molar-refractivity contribution in [2.24, 2.45) is 0 Å². The van der Waals surface area contributed by atoms with Crippen molar-refractivity contribution < 1.29 is 50.2 Å². The van der Waals surface area contributed by atoms with Crippen molar-refractivity contribution in [3.05, 3.63) is 52.3 Å². The number of anilines is 1. The summed E-state index contributed by atoms with van der Waals surface area (Å²) in [5.41, 5.74) is -1.84. The van der Waals surface area contributed by atoms with Crippen molar-refractivity contribution in [1.29, 1.82) is 0 Å². The lowest BCUT2D eigenvalue weighted by molar-refractivity contribution is -0.268. The number of alkyl halides is 5. The van der Waals surface area contributed by atoms with E-state index in [1.807, 2.05) is 0 Å². The number of carbonyl (C=O) groups is 3. The van der Waals surface area contributed by atoms with E-state index in [9.17, 15) is 40.7 Å². The molecule has 2 bridgehead atoms. The van der Waals surface area contributed by atoms with Gasteiger partial charge in [0.1, 0.15) is 17.3 Å². The van der Waals surface area contributed by atoms with Crippen LogP contribution in [0.25, 0.3) is 0 Å². The fourth-order valence-corrected chi connectivity index (χ4v) is 5.60. The molecule has 0 saturated heterocycles. The molecule has 1 heterocycles. The molecule has 0 spiro atoms. The molecule has 2 aromatic rings. The minimum absolute atomic E-state index is 0.0599. The Balaban J connectivity index is 1.19. The predicted molar refractivity (Wildman–Crippen MR) is 132 cm³/mol. The van der Waals surface area contributed by atoms with Gasteiger partial charge in [0.15, 0.2) is 12.7 Å². The van der Waals surface area contributed by atoms with Gasteiger partial charge < -0.3 is 20.1 Å². The number of fused-ring (bicyclic) bond motifs is 1. The smallest absolute Gasteiger partial charge is 0.463 e. The molecule has 0 aromatic heterocycles. The van der Waals surface area contributed by atoms with Crippen LogP contribution in [0.15, 0.2) is 36.4 Å². The first-order valence-electron chi connectivity index (χ1n) is 12.0. The fraction of sp³-hybridized carbons (Fsp3) is 0.400. The van der Waals surface area contributed by atoms with Gasteiger partial charge in [-0.25, -0.2) is 4.39 Å². The number of hydrogen-bond donors (Lipinski definition) is 2. The average molecular weight is 626 g/mol. The van der Waals surface area contributed by atoms with Gasteiger partial charge in [-0.2, -0.15) is 22.0 Å². The van der Waals surface area contributed by atoms with Crippen molar-refractivity contribution >= 4 is 46.6 Å². The molecule has 220 valence electrons. The topological polar surface area (TPSA) is 97.0 Å². The highest BCUT2D eigenvalue weighted by atomic mass is 35.5. The number of nitrogens with zero attached hydrogens (tertiary/aromatic N) is 1. The number of halogens is 8. The molecule has 2 aromatic carbocycles. The highest BCUT2D eigenvalue weighted by Crippen LogP contribution is 2.60. The molecule has 41 heavy (non-hydrogen) atoms. The van der Waals surface area contributed by atoms with E-state index in [4.69, 9.17) is 32.7 Å². The second kappa shape index (κ2) is 9.86. The summed E-state index contributed by atoms with van der Waals surface area (Å²) in [7, 11) is 0. The van der Waals surface area contributed by atoms with E-state index in [0.29, 0.717) is 19.3 Å². The summed E-state index contributed by atoms with van der Waals surface area (Å²) in [5.74, 6) is -10.5. The molecule has 1 atom stereocenters. The maximum absolute atomic E-state index is 13.9. The zero-order chi connectivity index (χ0) is 30.0. The molecule has 16 heteroatoms. The quantitative estimate of drug-likeness (QED) is 0.445. The Hall–Kier alpha value is -3.39. The van der Waals surface area contributed by atoms with Gasteiger partial charge >= 0.3 is 18.0 Å². The minimum atomic E-state index is -6.17. The fourth-order valence-electron chi connectivity index (χ4n) is 5.32. The van der Waals surface area contributed by atoms with E-state index < -0.39 is 71.7 Å². The summed E-state index contributed by atoms with van der Waals surface area (Å²) in [6.07, 6.45) is -6.86. The summed E-state index contributed by atoms with van der Waals surface area (Å²) < 4.78 is 91.0. The van der Waals surface area contributed by atoms with Crippen LogP contribution < -0.4 is 25.0 Å². The number of nitrogens with one attached hydrogen (secondary N) is 2. The maximum atomic E-state index is 13.9. The summed E-state index contributed by atoms with van der Waals surface area (Å²) in [6, 6.07) is 7.08. The highest BCUT2D eigenvalue weighted by Gasteiger charge is 2.70. The molecular weight excluding hydrogens is 607 g/mol. The van der Waals surface area contributed by atoms with Gasteiger partial charge in [-0.05, 0) is 49.6 Å². The maximum Gasteiger partial charge on any atom is 0.463 e. The van der Waals surface area contributed by atoms with E-state index in [-0.39, 0.29) is 26.4 Å². The lowest BCUT2D eigenvalue weighted by atomic mass is 9.44. The summed E-state index contributed by atoms with van der Waals surface area (Å²) in [5, 5.41) is 5.31. The summed E-state index contributed by atoms with van der Waals surface area (Å²) >= 11 is 11.4. The second-order valence-electron chi connectivity index (χ2n) is 10.2. The molecule has 3 aliphatic carbocycles. The van der Waals surface area contributed by atoms with Gasteiger partial charge in [-0.3, -0.25) is 19.3 Å². The number of carbonyl (C=O) groups excluding carboxylic acids is 3. The molecule has 3 fully saturated rings. The van der Waals surface area contributed by atoms with Crippen molar-refractivity contribution in [3.63, 3.8) is 0 Å². The third-order valence-electron chi connectivity index (χ3n) is 7.08. The third-order valence-corrected chi connectivity index (χ3v) is 7.62. The molecule has 8 nitrogen and oxygen atoms in total. The molecule has 1 unspecified atom stereocenters. The van der Waals surface area contributed by atoms with E-state index in [2.05, 4.69) is 10.6 Å². The molecule has 0 radical (unpaired) electrons. The van der Waals surface area contributed by atoms with Gasteiger partial charge in [0.2, 0.25) is 0 Å². The zero-order valence-corrected chi connectivity index (χ0v) is 22.1. The normalized spacial score (nSPS) is 24.7. The van der Waals surface area contributed by atoms with Crippen LogP contribution in [-0.2, 0) is 14.4 Å². The molecular formula is C25H19Cl2F6N3O5. The Morgan fingerprint density at radius 2 is 1.66 bits per heavy atom. The zero-order valence-electron chi connectivity index (χ0n) is 20.6. The highest BCUT2D eigenvalue weighted by molar-refractivity contribution is 6.31. The minimum Gasteiger partial charge on any atom is -0.484 e. The first-order valence-corrected chi connectivity index (χ1v) is 12.7. The van der Waals surface area contributed by atoms with Gasteiger partial charge in [-0.15, -0.1) is 0 Å². The van der Waals surface area contributed by atoms with E-state index in [0.717, 1.165) is 18.2 Å². The van der Waals surface area contributed by atoms with Crippen LogP contribution in [0.5, 0.6) is 11.5 Å². The van der Waals surface area contributed by atoms with Crippen LogP contribution in [0, 0.1) is 5.82 Å². The van der Waals surface area contributed by atoms with Crippen molar-refractivity contribution in [2.75, 3.05) is 18.1 Å². The van der Waals surface area contributed by atoms with E-state index in [1.165, 1.54) is 18.2 Å². The first kappa shape index (κ1) is 29.1. The molecule has 6 rings (SSSR count). The lowest BCUT2D eigenvalue weighted by Crippen LogP contribution is -2.84. The van der Waals surface area contributed by atoms with Crippen LogP contribution in [0.4, 0.5) is 32.0 Å². The van der Waals surface area contributed by atoms with Gasteiger partial charge in [0.25, 0.3) is 11.8 Å². The van der Waals surface area contributed by atoms with Crippen LogP contribution in [0.1, 0.15) is 19.3 Å². The molecule has 1 aliphatic heterocycles. The molecule has 3 amide bonds. The molecule has 3 saturated carbocycles. The van der Waals surface area contributed by atoms with E-state index in [1.54, 1.807) is 0 Å². The second-order valence-corrected chi connectivity index (χ2v) is 11.0. The number of hydrogen-bond acceptors (Lipinski definition) is 5. The van der Waals surface area contributed by atoms with Crippen molar-refractivity contribution in [1.82, 2.24) is 10.6 Å². The van der Waals surface area contributed by atoms with Crippen LogP contribution >= 0.6 is 23.2 Å². The molecule has 2 N–H and O–H groups in total. The predicted octanol–water partition coefficient (Wildman–Crippen LogP) is 4.41. The number of amides is 3. The first-order chi connectivity index (χ1) is 19.0. The Kier molecular flexibility index (Phi) is 7.00. The largest absolute Gasteiger partial charge is 0.484 e. The standard InChI is InChI=1S/C25H19Cl2F6N3O5/c26-12-1-4-17-16(5-12)36(21(39)24(29,30)25(31,32)33)7-18(41-17)20(38)35-23-9-22(10-23,11-23)34-19(37)8-40-13-2-3-14(27)15(28)6-13/h1-6,18H,7-11H2,(H,34,37)(H,35,38). The van der Waals surface area contributed by atoms with Crippen LogP contribution in [0.3, 0.4) is 0 Å². The Morgan fingerprint density at radius 3 is 2.29 bits per heavy atom. The number of rotatable bonds is 7.